The summed E-state index contributed by atoms with van der Waals surface area (Å²) in [6.45, 7) is 3.67. The van der Waals surface area contributed by atoms with Crippen LogP contribution in [0.1, 0.15) is 25.5 Å². The normalized spacial score (nSPS) is 10.7. The molecule has 0 unspecified atom stereocenters. The molecule has 0 atom stereocenters. The summed E-state index contributed by atoms with van der Waals surface area (Å²) in [5, 5.41) is 4.34. The van der Waals surface area contributed by atoms with Crippen molar-refractivity contribution in [3.63, 3.8) is 0 Å². The maximum absolute atomic E-state index is 11.5. The molecule has 0 saturated carbocycles. The second-order valence-corrected chi connectivity index (χ2v) is 6.19. The number of ether oxygens (including phenoxy) is 2. The Morgan fingerprint density at radius 2 is 2.15 bits per heavy atom. The van der Waals surface area contributed by atoms with Crippen molar-refractivity contribution in [3.8, 4) is 5.75 Å². The third-order valence-electron chi connectivity index (χ3n) is 4.11. The Hall–Kier alpha value is -3.02. The van der Waals surface area contributed by atoms with Crippen molar-refractivity contribution in [2.45, 2.75) is 26.2 Å². The topological polar surface area (TPSA) is 76.2 Å². The maximum atomic E-state index is 11.5. The number of pyridine rings is 1. The number of carbonyl (C=O) groups is 1. The molecule has 0 spiro atoms. The van der Waals surface area contributed by atoms with Gasteiger partial charge in [0, 0.05) is 29.3 Å². The van der Waals surface area contributed by atoms with Gasteiger partial charge in [-0.3, -0.25) is 4.79 Å². The van der Waals surface area contributed by atoms with Crippen molar-refractivity contribution in [1.29, 1.82) is 0 Å². The summed E-state index contributed by atoms with van der Waals surface area (Å²) >= 11 is 0. The fraction of sp³-hybridized carbons (Fsp3) is 0.333. The van der Waals surface area contributed by atoms with Gasteiger partial charge in [-0.25, -0.2) is 4.98 Å². The molecule has 2 heterocycles. The Morgan fingerprint density at radius 3 is 2.96 bits per heavy atom. The van der Waals surface area contributed by atoms with E-state index in [1.54, 1.807) is 6.20 Å². The van der Waals surface area contributed by atoms with Crippen LogP contribution in [0.3, 0.4) is 0 Å². The highest BCUT2D eigenvalue weighted by Gasteiger charge is 2.06. The highest BCUT2D eigenvalue weighted by molar-refractivity contribution is 5.82. The molecule has 3 aromatic rings. The Labute approximate surface area is 158 Å². The lowest BCUT2D eigenvalue weighted by molar-refractivity contribution is -0.143. The summed E-state index contributed by atoms with van der Waals surface area (Å²) in [6, 6.07) is 13.8. The number of fused-ring (bicyclic) bond motifs is 1. The van der Waals surface area contributed by atoms with E-state index in [1.165, 1.54) is 0 Å². The second-order valence-electron chi connectivity index (χ2n) is 6.19. The molecule has 0 aliphatic carbocycles. The molecule has 27 heavy (non-hydrogen) atoms. The van der Waals surface area contributed by atoms with Gasteiger partial charge in [0.2, 0.25) is 0 Å². The summed E-state index contributed by atoms with van der Waals surface area (Å²) in [6.07, 6.45) is 3.68. The van der Waals surface area contributed by atoms with E-state index in [0.717, 1.165) is 41.1 Å². The number of hydrogen-bond acceptors (Lipinski definition) is 5. The minimum atomic E-state index is -0.167. The lowest BCUT2D eigenvalue weighted by atomic mass is 10.2. The van der Waals surface area contributed by atoms with Gasteiger partial charge >= 0.3 is 5.97 Å². The SMILES string of the molecule is CCOC(=O)CCc1cc2cc(OCCCNc3ccccn3)ccc2[nH]1. The maximum Gasteiger partial charge on any atom is 0.306 e. The number of rotatable bonds is 10. The van der Waals surface area contributed by atoms with E-state index in [0.29, 0.717) is 26.1 Å². The van der Waals surface area contributed by atoms with Crippen LogP contribution in [-0.2, 0) is 16.0 Å². The van der Waals surface area contributed by atoms with E-state index in [-0.39, 0.29) is 5.97 Å². The van der Waals surface area contributed by atoms with E-state index in [1.807, 2.05) is 43.3 Å². The Balaban J connectivity index is 1.45. The van der Waals surface area contributed by atoms with E-state index in [2.05, 4.69) is 21.4 Å². The van der Waals surface area contributed by atoms with Crippen molar-refractivity contribution in [2.24, 2.45) is 0 Å². The summed E-state index contributed by atoms with van der Waals surface area (Å²) in [4.78, 5) is 19.0. The molecule has 0 radical (unpaired) electrons. The number of esters is 1. The van der Waals surface area contributed by atoms with Gasteiger partial charge in [0.1, 0.15) is 11.6 Å². The first kappa shape index (κ1) is 18.8. The highest BCUT2D eigenvalue weighted by Crippen LogP contribution is 2.22. The number of H-pyrrole nitrogens is 1. The first-order valence-electron chi connectivity index (χ1n) is 9.29. The van der Waals surface area contributed by atoms with Crippen LogP contribution >= 0.6 is 0 Å². The molecule has 0 saturated heterocycles. The summed E-state index contributed by atoms with van der Waals surface area (Å²) in [7, 11) is 0. The van der Waals surface area contributed by atoms with Crippen LogP contribution in [0.2, 0.25) is 0 Å². The standard InChI is InChI=1S/C21H25N3O3/c1-2-26-21(25)10-7-17-14-16-15-18(8-9-19(16)24-17)27-13-5-12-23-20-6-3-4-11-22-20/h3-4,6,8-9,11,14-15,24H,2,5,7,10,12-13H2,1H3,(H,22,23). The van der Waals surface area contributed by atoms with Crippen LogP contribution in [0.15, 0.2) is 48.7 Å². The van der Waals surface area contributed by atoms with Crippen molar-refractivity contribution < 1.29 is 14.3 Å². The first-order chi connectivity index (χ1) is 13.2. The van der Waals surface area contributed by atoms with Crippen molar-refractivity contribution >= 4 is 22.7 Å². The van der Waals surface area contributed by atoms with Crippen LogP contribution in [0.25, 0.3) is 10.9 Å². The smallest absolute Gasteiger partial charge is 0.306 e. The van der Waals surface area contributed by atoms with Gasteiger partial charge in [-0.15, -0.1) is 0 Å². The van der Waals surface area contributed by atoms with Gasteiger partial charge in [0.05, 0.1) is 19.6 Å². The third-order valence-corrected chi connectivity index (χ3v) is 4.11. The van der Waals surface area contributed by atoms with Gasteiger partial charge < -0.3 is 19.8 Å². The zero-order valence-electron chi connectivity index (χ0n) is 15.5. The summed E-state index contributed by atoms with van der Waals surface area (Å²) in [5.41, 5.74) is 2.06. The zero-order valence-corrected chi connectivity index (χ0v) is 15.5. The van der Waals surface area contributed by atoms with Gasteiger partial charge in [-0.1, -0.05) is 6.07 Å². The molecular formula is C21H25N3O3. The van der Waals surface area contributed by atoms with Crippen LogP contribution in [0.4, 0.5) is 5.82 Å². The highest BCUT2D eigenvalue weighted by atomic mass is 16.5. The minimum Gasteiger partial charge on any atom is -0.494 e. The molecule has 1 aromatic carbocycles. The van der Waals surface area contributed by atoms with E-state index >= 15 is 0 Å². The number of carbonyl (C=O) groups excluding carboxylic acids is 1. The molecule has 0 aliphatic heterocycles. The van der Waals surface area contributed by atoms with Crippen molar-refractivity contribution in [1.82, 2.24) is 9.97 Å². The number of benzene rings is 1. The number of nitrogens with zero attached hydrogens (tertiary/aromatic N) is 1. The van der Waals surface area contributed by atoms with Gasteiger partial charge in [0.25, 0.3) is 0 Å². The number of aromatic nitrogens is 2. The second kappa shape index (κ2) is 9.62. The summed E-state index contributed by atoms with van der Waals surface area (Å²) in [5.74, 6) is 1.55. The lowest BCUT2D eigenvalue weighted by Gasteiger charge is -2.07. The summed E-state index contributed by atoms with van der Waals surface area (Å²) < 4.78 is 10.8. The predicted octanol–water partition coefficient (Wildman–Crippen LogP) is 3.94. The molecule has 2 aromatic heterocycles. The van der Waals surface area contributed by atoms with Gasteiger partial charge in [-0.05, 0) is 56.2 Å². The first-order valence-corrected chi connectivity index (χ1v) is 9.29. The zero-order chi connectivity index (χ0) is 18.9. The van der Waals surface area contributed by atoms with Crippen molar-refractivity contribution in [2.75, 3.05) is 25.1 Å². The van der Waals surface area contributed by atoms with Gasteiger partial charge in [0.15, 0.2) is 0 Å². The van der Waals surface area contributed by atoms with E-state index in [9.17, 15) is 4.79 Å². The minimum absolute atomic E-state index is 0.167. The molecular weight excluding hydrogens is 342 g/mol. The number of hydrogen-bond donors (Lipinski definition) is 2. The molecule has 6 heteroatoms. The Bertz CT molecular complexity index is 861. The molecule has 142 valence electrons. The number of aryl methyl sites for hydroxylation is 1. The molecule has 3 rings (SSSR count). The monoisotopic (exact) mass is 367 g/mol. The largest absolute Gasteiger partial charge is 0.494 e. The average molecular weight is 367 g/mol. The molecule has 2 N–H and O–H groups in total. The van der Waals surface area contributed by atoms with Gasteiger partial charge in [-0.2, -0.15) is 0 Å². The van der Waals surface area contributed by atoms with E-state index < -0.39 is 0 Å². The number of aromatic amines is 1. The number of nitrogens with one attached hydrogen (secondary N) is 2. The molecule has 0 fully saturated rings. The quantitative estimate of drug-likeness (QED) is 0.419. The van der Waals surface area contributed by atoms with Crippen LogP contribution in [0, 0.1) is 0 Å². The fourth-order valence-electron chi connectivity index (χ4n) is 2.81. The lowest BCUT2D eigenvalue weighted by Crippen LogP contribution is -2.07. The Morgan fingerprint density at radius 1 is 1.22 bits per heavy atom. The average Bonchev–Trinajstić information content (AvgIpc) is 3.09. The van der Waals surface area contributed by atoms with Crippen molar-refractivity contribution in [3.05, 3.63) is 54.4 Å². The number of anilines is 1. The third kappa shape index (κ3) is 5.74. The Kier molecular flexibility index (Phi) is 6.68. The fourth-order valence-corrected chi connectivity index (χ4v) is 2.81. The van der Waals surface area contributed by atoms with Crippen LogP contribution < -0.4 is 10.1 Å². The molecule has 0 amide bonds. The van der Waals surface area contributed by atoms with Crippen LogP contribution in [-0.4, -0.2) is 35.7 Å². The predicted molar refractivity (Wildman–Crippen MR) is 106 cm³/mol. The molecule has 0 aliphatic rings. The molecule has 6 nitrogen and oxygen atoms in total. The molecule has 0 bridgehead atoms. The van der Waals surface area contributed by atoms with Crippen LogP contribution in [0.5, 0.6) is 5.75 Å². The van der Waals surface area contributed by atoms with E-state index in [4.69, 9.17) is 9.47 Å².